The molecule has 0 N–H and O–H groups in total. The summed E-state index contributed by atoms with van der Waals surface area (Å²) in [6.45, 7) is 1.38. The molecule has 0 unspecified atom stereocenters. The number of hydrogen-bond donors (Lipinski definition) is 0. The lowest BCUT2D eigenvalue weighted by atomic mass is 10.2. The summed E-state index contributed by atoms with van der Waals surface area (Å²) in [6, 6.07) is 1.65. The first-order valence-electron chi connectivity index (χ1n) is 5.67. The van der Waals surface area contributed by atoms with Crippen molar-refractivity contribution in [3.8, 4) is 5.75 Å². The Labute approximate surface area is 110 Å². The molecule has 7 heteroatoms. The highest BCUT2D eigenvalue weighted by molar-refractivity contribution is 7.91. The fraction of sp³-hybridized carbons (Fsp3) is 0.417. The molecule has 0 aromatic heterocycles. The van der Waals surface area contributed by atoms with Gasteiger partial charge in [0.1, 0.15) is 12.9 Å². The van der Waals surface area contributed by atoms with E-state index in [1.165, 1.54) is 0 Å². The summed E-state index contributed by atoms with van der Waals surface area (Å²) >= 11 is 0. The van der Waals surface area contributed by atoms with E-state index in [0.29, 0.717) is 12.7 Å². The van der Waals surface area contributed by atoms with Gasteiger partial charge in [0.25, 0.3) is 0 Å². The topological polar surface area (TPSA) is 60.4 Å². The van der Waals surface area contributed by atoms with Crippen molar-refractivity contribution in [1.82, 2.24) is 0 Å². The van der Waals surface area contributed by atoms with Gasteiger partial charge in [0.05, 0.1) is 11.5 Å². The van der Waals surface area contributed by atoms with Crippen molar-refractivity contribution in [2.75, 3.05) is 18.1 Å². The molecule has 0 aliphatic rings. The Morgan fingerprint density at radius 2 is 1.79 bits per heavy atom. The maximum atomic E-state index is 13.4. The molecule has 0 radical (unpaired) electrons. The smallest absolute Gasteiger partial charge is 0.190 e. The third-order valence-electron chi connectivity index (χ3n) is 2.31. The minimum atomic E-state index is -3.27. The van der Waals surface area contributed by atoms with Crippen LogP contribution in [-0.2, 0) is 9.84 Å². The molecule has 106 valence electrons. The third kappa shape index (κ3) is 4.59. The lowest BCUT2D eigenvalue weighted by Crippen LogP contribution is -2.17. The Kier molecular flexibility index (Phi) is 5.41. The van der Waals surface area contributed by atoms with E-state index in [1.54, 1.807) is 6.92 Å². The second-order valence-electron chi connectivity index (χ2n) is 3.93. The largest absolute Gasteiger partial charge is 0.487 e. The SMILES string of the molecule is CCCS(=O)(=O)CCOc1c(F)cc(C=O)cc1F. The Hall–Kier alpha value is -1.50. The predicted molar refractivity (Wildman–Crippen MR) is 66.2 cm³/mol. The van der Waals surface area contributed by atoms with Gasteiger partial charge in [0.15, 0.2) is 27.2 Å². The molecule has 19 heavy (non-hydrogen) atoms. The summed E-state index contributed by atoms with van der Waals surface area (Å²) in [7, 11) is -3.27. The lowest BCUT2D eigenvalue weighted by Gasteiger charge is -2.09. The van der Waals surface area contributed by atoms with Gasteiger partial charge in [-0.1, -0.05) is 6.92 Å². The molecule has 0 bridgehead atoms. The van der Waals surface area contributed by atoms with Crippen LogP contribution in [0.5, 0.6) is 5.75 Å². The minimum absolute atomic E-state index is 0.00536. The van der Waals surface area contributed by atoms with E-state index in [1.807, 2.05) is 0 Å². The number of benzene rings is 1. The molecule has 0 aliphatic heterocycles. The van der Waals surface area contributed by atoms with E-state index in [2.05, 4.69) is 0 Å². The number of ether oxygens (including phenoxy) is 1. The monoisotopic (exact) mass is 292 g/mol. The van der Waals surface area contributed by atoms with Crippen LogP contribution in [0, 0.1) is 11.6 Å². The maximum Gasteiger partial charge on any atom is 0.190 e. The van der Waals surface area contributed by atoms with E-state index in [9.17, 15) is 22.0 Å². The summed E-state index contributed by atoms with van der Waals surface area (Å²) < 4.78 is 54.3. The third-order valence-corrected chi connectivity index (χ3v) is 4.13. The van der Waals surface area contributed by atoms with Gasteiger partial charge in [0, 0.05) is 5.56 Å². The molecule has 0 atom stereocenters. The van der Waals surface area contributed by atoms with Crippen LogP contribution in [0.1, 0.15) is 23.7 Å². The van der Waals surface area contributed by atoms with Gasteiger partial charge in [-0.3, -0.25) is 4.79 Å². The van der Waals surface area contributed by atoms with Crippen molar-refractivity contribution in [3.63, 3.8) is 0 Å². The van der Waals surface area contributed by atoms with Gasteiger partial charge in [-0.15, -0.1) is 0 Å². The summed E-state index contributed by atoms with van der Waals surface area (Å²) in [5, 5.41) is 0. The zero-order valence-electron chi connectivity index (χ0n) is 10.4. The Balaban J connectivity index is 2.71. The van der Waals surface area contributed by atoms with Crippen LogP contribution in [0.3, 0.4) is 0 Å². The van der Waals surface area contributed by atoms with E-state index in [4.69, 9.17) is 4.74 Å². The number of halogens is 2. The van der Waals surface area contributed by atoms with E-state index < -0.39 is 27.2 Å². The first-order chi connectivity index (χ1) is 8.89. The summed E-state index contributed by atoms with van der Waals surface area (Å²) in [6.07, 6.45) is 0.779. The quantitative estimate of drug-likeness (QED) is 0.721. The highest BCUT2D eigenvalue weighted by atomic mass is 32.2. The number of rotatable bonds is 7. The van der Waals surface area contributed by atoms with Crippen LogP contribution < -0.4 is 4.74 Å². The molecule has 0 spiro atoms. The number of carbonyl (C=O) groups excluding carboxylic acids is 1. The molecule has 0 fully saturated rings. The molecule has 0 aliphatic carbocycles. The van der Waals surface area contributed by atoms with Crippen molar-refractivity contribution in [1.29, 1.82) is 0 Å². The average Bonchev–Trinajstić information content (AvgIpc) is 2.32. The molecule has 1 rings (SSSR count). The zero-order valence-corrected chi connectivity index (χ0v) is 11.2. The Bertz CT molecular complexity index is 532. The van der Waals surface area contributed by atoms with Crippen LogP contribution in [0.15, 0.2) is 12.1 Å². The van der Waals surface area contributed by atoms with Gasteiger partial charge < -0.3 is 4.74 Å². The molecule has 0 saturated heterocycles. The van der Waals surface area contributed by atoms with Gasteiger partial charge in [0.2, 0.25) is 0 Å². The second kappa shape index (κ2) is 6.60. The maximum absolute atomic E-state index is 13.4. The average molecular weight is 292 g/mol. The number of carbonyl (C=O) groups is 1. The highest BCUT2D eigenvalue weighted by Gasteiger charge is 2.15. The van der Waals surface area contributed by atoms with Crippen molar-refractivity contribution < 1.29 is 26.7 Å². The van der Waals surface area contributed by atoms with Crippen molar-refractivity contribution in [2.45, 2.75) is 13.3 Å². The number of aldehydes is 1. The first kappa shape index (κ1) is 15.6. The first-order valence-corrected chi connectivity index (χ1v) is 7.49. The van der Waals surface area contributed by atoms with E-state index >= 15 is 0 Å². The summed E-state index contributed by atoms with van der Waals surface area (Å²) in [5.74, 6) is -3.04. The number of hydrogen-bond acceptors (Lipinski definition) is 4. The molecular weight excluding hydrogens is 278 g/mol. The minimum Gasteiger partial charge on any atom is -0.487 e. The summed E-state index contributed by atoms with van der Waals surface area (Å²) in [5.41, 5.74) is -0.152. The van der Waals surface area contributed by atoms with Crippen LogP contribution in [-0.4, -0.2) is 32.8 Å². The second-order valence-corrected chi connectivity index (χ2v) is 6.24. The summed E-state index contributed by atoms with van der Waals surface area (Å²) in [4.78, 5) is 10.4. The van der Waals surface area contributed by atoms with Crippen LogP contribution >= 0.6 is 0 Å². The molecule has 1 aromatic rings. The molecular formula is C12H14F2O4S. The molecule has 0 amide bonds. The molecule has 0 saturated carbocycles. The lowest BCUT2D eigenvalue weighted by molar-refractivity contribution is 0.112. The highest BCUT2D eigenvalue weighted by Crippen LogP contribution is 2.22. The van der Waals surface area contributed by atoms with Gasteiger partial charge in [-0.2, -0.15) is 0 Å². The molecule has 0 heterocycles. The van der Waals surface area contributed by atoms with Crippen LogP contribution in [0.2, 0.25) is 0 Å². The van der Waals surface area contributed by atoms with Gasteiger partial charge in [-0.05, 0) is 18.6 Å². The predicted octanol–water partition coefficient (Wildman–Crippen LogP) is 1.98. The number of sulfone groups is 1. The molecule has 1 aromatic carbocycles. The van der Waals surface area contributed by atoms with Crippen molar-refractivity contribution in [3.05, 3.63) is 29.3 Å². The fourth-order valence-corrected chi connectivity index (χ4v) is 2.63. The van der Waals surface area contributed by atoms with Crippen molar-refractivity contribution >= 4 is 16.1 Å². The molecule has 4 nitrogen and oxygen atoms in total. The van der Waals surface area contributed by atoms with Gasteiger partial charge >= 0.3 is 0 Å². The van der Waals surface area contributed by atoms with E-state index in [-0.39, 0.29) is 23.7 Å². The van der Waals surface area contributed by atoms with Crippen LogP contribution in [0.4, 0.5) is 8.78 Å². The van der Waals surface area contributed by atoms with Crippen LogP contribution in [0.25, 0.3) is 0 Å². The van der Waals surface area contributed by atoms with Gasteiger partial charge in [-0.25, -0.2) is 17.2 Å². The van der Waals surface area contributed by atoms with Crippen molar-refractivity contribution in [2.24, 2.45) is 0 Å². The fourth-order valence-electron chi connectivity index (χ4n) is 1.47. The Morgan fingerprint density at radius 1 is 1.21 bits per heavy atom. The van der Waals surface area contributed by atoms with E-state index in [0.717, 1.165) is 12.1 Å². The standard InChI is InChI=1S/C12H14F2O4S/c1-2-4-19(16,17)5-3-18-12-10(13)6-9(8-15)7-11(12)14/h6-8H,2-5H2,1H3. The Morgan fingerprint density at radius 3 is 2.26 bits per heavy atom. The normalized spacial score (nSPS) is 11.3. The zero-order chi connectivity index (χ0) is 14.5.